The van der Waals surface area contributed by atoms with Crippen molar-refractivity contribution in [2.24, 2.45) is 16.7 Å². The maximum Gasteiger partial charge on any atom is 0.164 e. The van der Waals surface area contributed by atoms with Crippen molar-refractivity contribution in [3.05, 3.63) is 101 Å². The van der Waals surface area contributed by atoms with Crippen LogP contribution in [0.4, 0.5) is 0 Å². The number of carbonyl (C=O) groups is 1. The van der Waals surface area contributed by atoms with Crippen molar-refractivity contribution < 1.29 is 34.4 Å². The molecule has 3 aromatic heterocycles. The molecule has 7 rings (SSSR count). The van der Waals surface area contributed by atoms with E-state index in [2.05, 4.69) is 88.4 Å². The number of furan rings is 1. The van der Waals surface area contributed by atoms with Crippen molar-refractivity contribution in [1.82, 2.24) is 4.98 Å². The fraction of sp³-hybridized carbons (Fsp3) is 0.404. The van der Waals surface area contributed by atoms with Crippen molar-refractivity contribution >= 4 is 48.3 Å². The van der Waals surface area contributed by atoms with Crippen LogP contribution in [0.3, 0.4) is 0 Å². The SMILES string of the molecule is CC(C)Cc1ccc2oc3c(c2c1)C(C)(C)c1c(-c2cc4c(cn2)sc2ccccc24)[c-]ccc1-3.CCC(C)(CC)C(=O)/C=C(\O)C(C)(CC)CC.[Ir]. The first-order valence-electron chi connectivity index (χ1n) is 19.1. The molecule has 6 heteroatoms. The molecule has 0 fully saturated rings. The molecular weight excluding hydrogens is 851 g/mol. The standard InChI is InChI=1S/C32H26NOS.C15H28O2.Ir/c1-18(2)14-19-12-13-26-24(15-19)30-31(34-26)22-10-7-9-21(29(22)32(30,3)4)25-16-23-20-8-5-6-11-27(20)35-28(23)17-33-25;1-7-14(5,8-2)12(16)11-13(17)15(6,9-3)10-4;/h5-8,10-13,15-18H,14H2,1-4H3;11,16H,7-10H2,1-6H3;/q-1;;/b;12-11-;. The Morgan fingerprint density at radius 2 is 1.58 bits per heavy atom. The van der Waals surface area contributed by atoms with Gasteiger partial charge in [0.15, 0.2) is 5.78 Å². The largest absolute Gasteiger partial charge is 0.512 e. The van der Waals surface area contributed by atoms with Crippen LogP contribution in [0.15, 0.2) is 83.1 Å². The number of rotatable bonds is 10. The normalized spacial score (nSPS) is 13.9. The van der Waals surface area contributed by atoms with Crippen molar-refractivity contribution in [2.45, 2.75) is 107 Å². The zero-order chi connectivity index (χ0) is 37.6. The van der Waals surface area contributed by atoms with Gasteiger partial charge in [0, 0.05) is 58.9 Å². The summed E-state index contributed by atoms with van der Waals surface area (Å²) in [6.45, 7) is 21.3. The Bertz CT molecular complexity index is 2300. The molecule has 3 aromatic carbocycles. The van der Waals surface area contributed by atoms with Gasteiger partial charge >= 0.3 is 0 Å². The van der Waals surface area contributed by atoms with Crippen molar-refractivity contribution in [2.75, 3.05) is 0 Å². The van der Waals surface area contributed by atoms with E-state index in [0.717, 1.165) is 60.3 Å². The predicted molar refractivity (Wildman–Crippen MR) is 220 cm³/mol. The number of thiophene rings is 1. The van der Waals surface area contributed by atoms with Gasteiger partial charge in [-0.25, -0.2) is 0 Å². The van der Waals surface area contributed by atoms with E-state index < -0.39 is 0 Å². The molecule has 0 saturated carbocycles. The minimum atomic E-state index is -0.337. The number of allylic oxidation sites excluding steroid dienone is 2. The fourth-order valence-electron chi connectivity index (χ4n) is 7.67. The molecule has 0 saturated heterocycles. The number of hydrogen-bond acceptors (Lipinski definition) is 5. The smallest absolute Gasteiger partial charge is 0.164 e. The number of fused-ring (bicyclic) bond motifs is 8. The first-order valence-corrected chi connectivity index (χ1v) is 19.9. The number of aliphatic hydroxyl groups excluding tert-OH is 1. The van der Waals surface area contributed by atoms with Gasteiger partial charge in [-0.2, -0.15) is 0 Å². The topological polar surface area (TPSA) is 63.3 Å². The van der Waals surface area contributed by atoms with Crippen LogP contribution in [0.5, 0.6) is 0 Å². The number of benzene rings is 3. The van der Waals surface area contributed by atoms with E-state index in [4.69, 9.17) is 9.40 Å². The number of hydrogen-bond donors (Lipinski definition) is 1. The van der Waals surface area contributed by atoms with Crippen LogP contribution in [0.25, 0.3) is 53.7 Å². The van der Waals surface area contributed by atoms with E-state index in [1.807, 2.05) is 53.8 Å². The fourth-order valence-corrected chi connectivity index (χ4v) is 8.72. The molecule has 1 aliphatic carbocycles. The van der Waals surface area contributed by atoms with Crippen LogP contribution in [0, 0.1) is 22.8 Å². The van der Waals surface area contributed by atoms with Gasteiger partial charge in [-0.15, -0.1) is 40.7 Å². The Kier molecular flexibility index (Phi) is 12.0. The van der Waals surface area contributed by atoms with Gasteiger partial charge in [-0.1, -0.05) is 105 Å². The van der Waals surface area contributed by atoms with Gasteiger partial charge in [0.1, 0.15) is 17.1 Å². The van der Waals surface area contributed by atoms with Gasteiger partial charge < -0.3 is 14.5 Å². The average Bonchev–Trinajstić information content (AvgIpc) is 3.78. The quantitative estimate of drug-likeness (QED) is 0.0845. The average molecular weight is 905 g/mol. The number of ketones is 1. The number of pyridine rings is 1. The van der Waals surface area contributed by atoms with Crippen LogP contribution >= 0.6 is 11.3 Å². The molecule has 0 spiro atoms. The van der Waals surface area contributed by atoms with Crippen LogP contribution in [-0.4, -0.2) is 15.9 Å². The summed E-state index contributed by atoms with van der Waals surface area (Å²) in [4.78, 5) is 17.1. The maximum atomic E-state index is 12.2. The van der Waals surface area contributed by atoms with Crippen molar-refractivity contribution in [1.29, 1.82) is 0 Å². The number of nitrogens with zero attached hydrogens (tertiary/aromatic N) is 1. The number of aromatic nitrogens is 1. The van der Waals surface area contributed by atoms with Gasteiger partial charge in [0.25, 0.3) is 0 Å². The van der Waals surface area contributed by atoms with Crippen molar-refractivity contribution in [3.8, 4) is 22.6 Å². The van der Waals surface area contributed by atoms with Crippen LogP contribution in [0.2, 0.25) is 0 Å². The summed E-state index contributed by atoms with van der Waals surface area (Å²) in [5.74, 6) is 1.90. The van der Waals surface area contributed by atoms with Gasteiger partial charge in [0.05, 0.1) is 4.70 Å². The third kappa shape index (κ3) is 7.32. The van der Waals surface area contributed by atoms with Crippen LogP contribution in [-0.2, 0) is 36.7 Å². The molecule has 4 nitrogen and oxygen atoms in total. The molecule has 3 heterocycles. The summed E-state index contributed by atoms with van der Waals surface area (Å²) in [5, 5.41) is 13.9. The molecule has 1 radical (unpaired) electrons. The zero-order valence-corrected chi connectivity index (χ0v) is 36.2. The molecule has 6 aromatic rings. The summed E-state index contributed by atoms with van der Waals surface area (Å²) in [6, 6.07) is 25.3. The van der Waals surface area contributed by atoms with Crippen LogP contribution < -0.4 is 0 Å². The van der Waals surface area contributed by atoms with Gasteiger partial charge in [-0.3, -0.25) is 4.79 Å². The second-order valence-electron chi connectivity index (χ2n) is 16.1. The van der Waals surface area contributed by atoms with E-state index in [9.17, 15) is 9.90 Å². The van der Waals surface area contributed by atoms with E-state index in [-0.39, 0.29) is 47.9 Å². The maximum absolute atomic E-state index is 12.2. The summed E-state index contributed by atoms with van der Waals surface area (Å²) < 4.78 is 9.02. The minimum Gasteiger partial charge on any atom is -0.512 e. The van der Waals surface area contributed by atoms with E-state index in [0.29, 0.717) is 5.92 Å². The predicted octanol–water partition coefficient (Wildman–Crippen LogP) is 13.8. The Morgan fingerprint density at radius 1 is 0.906 bits per heavy atom. The molecule has 0 atom stereocenters. The molecule has 0 bridgehead atoms. The Labute approximate surface area is 333 Å². The minimum absolute atomic E-state index is 0. The first-order chi connectivity index (χ1) is 24.7. The third-order valence-electron chi connectivity index (χ3n) is 12.0. The molecule has 53 heavy (non-hydrogen) atoms. The summed E-state index contributed by atoms with van der Waals surface area (Å²) in [6.07, 6.45) is 7.85. The monoisotopic (exact) mass is 905 g/mol. The molecule has 0 unspecified atom stereocenters. The molecule has 0 aliphatic heterocycles. The Morgan fingerprint density at radius 3 is 2.25 bits per heavy atom. The first kappa shape index (κ1) is 40.6. The molecule has 281 valence electrons. The van der Waals surface area contributed by atoms with Gasteiger partial charge in [-0.05, 0) is 83.7 Å². The van der Waals surface area contributed by atoms with Gasteiger partial charge in [0.2, 0.25) is 0 Å². The zero-order valence-electron chi connectivity index (χ0n) is 33.0. The number of carbonyl (C=O) groups excluding carboxylic acids is 1. The molecular formula is C47H54IrNO3S-. The third-order valence-corrected chi connectivity index (χ3v) is 13.1. The molecule has 1 aliphatic rings. The molecule has 0 amide bonds. The Balaban J connectivity index is 0.000000259. The van der Waals surface area contributed by atoms with E-state index in [1.54, 1.807) is 11.3 Å². The summed E-state index contributed by atoms with van der Waals surface area (Å²) in [7, 11) is 0. The molecule has 1 N–H and O–H groups in total. The van der Waals surface area contributed by atoms with E-state index >= 15 is 0 Å². The second-order valence-corrected chi connectivity index (χ2v) is 17.2. The Hall–Kier alpha value is -3.57. The van der Waals surface area contributed by atoms with E-state index in [1.165, 1.54) is 48.3 Å². The van der Waals surface area contributed by atoms with Crippen molar-refractivity contribution in [3.63, 3.8) is 0 Å². The number of aliphatic hydroxyl groups is 1. The summed E-state index contributed by atoms with van der Waals surface area (Å²) in [5.41, 5.74) is 7.28. The summed E-state index contributed by atoms with van der Waals surface area (Å²) >= 11 is 1.80. The van der Waals surface area contributed by atoms with Crippen LogP contribution in [0.1, 0.15) is 112 Å². The second kappa shape index (κ2) is 15.7.